The zero-order valence-electron chi connectivity index (χ0n) is 15.4. The second-order valence-corrected chi connectivity index (χ2v) is 6.05. The van der Waals surface area contributed by atoms with Crippen molar-refractivity contribution in [1.82, 2.24) is 9.78 Å². The normalized spacial score (nSPS) is 10.5. The quantitative estimate of drug-likeness (QED) is 0.381. The van der Waals surface area contributed by atoms with E-state index in [1.807, 2.05) is 30.3 Å². The molecule has 0 saturated heterocycles. The van der Waals surface area contributed by atoms with E-state index in [0.29, 0.717) is 17.1 Å². The number of carbonyl (C=O) groups is 2. The van der Waals surface area contributed by atoms with E-state index in [1.165, 1.54) is 0 Å². The van der Waals surface area contributed by atoms with E-state index < -0.39 is 11.8 Å². The number of nitrogens with zero attached hydrogens (tertiary/aromatic N) is 2. The Labute approximate surface area is 157 Å². The second-order valence-electron chi connectivity index (χ2n) is 6.05. The third-order valence-electron chi connectivity index (χ3n) is 4.21. The van der Waals surface area contributed by atoms with E-state index in [1.54, 1.807) is 49.9 Å². The summed E-state index contributed by atoms with van der Waals surface area (Å²) in [5.74, 6) is -0.947. The molecule has 1 heterocycles. The average Bonchev–Trinajstić information content (AvgIpc) is 3.00. The van der Waals surface area contributed by atoms with Crippen LogP contribution in [0.15, 0.2) is 54.6 Å². The number of rotatable bonds is 6. The van der Waals surface area contributed by atoms with Gasteiger partial charge in [0.1, 0.15) is 12.4 Å². The number of aromatic nitrogens is 2. The lowest BCUT2D eigenvalue weighted by Crippen LogP contribution is -2.19. The Morgan fingerprint density at radius 3 is 2.48 bits per heavy atom. The number of ketones is 1. The van der Waals surface area contributed by atoms with Gasteiger partial charge in [-0.1, -0.05) is 30.3 Å². The molecule has 138 valence electrons. The van der Waals surface area contributed by atoms with E-state index in [4.69, 9.17) is 9.47 Å². The summed E-state index contributed by atoms with van der Waals surface area (Å²) in [7, 11) is 1.56. The van der Waals surface area contributed by atoms with Crippen molar-refractivity contribution >= 4 is 11.8 Å². The molecule has 0 aliphatic heterocycles. The van der Waals surface area contributed by atoms with Gasteiger partial charge in [0.2, 0.25) is 0 Å². The van der Waals surface area contributed by atoms with Gasteiger partial charge in [0.25, 0.3) is 5.78 Å². The van der Waals surface area contributed by atoms with Gasteiger partial charge in [0, 0.05) is 0 Å². The maximum Gasteiger partial charge on any atom is 0.380 e. The predicted molar refractivity (Wildman–Crippen MR) is 100 cm³/mol. The number of benzene rings is 2. The molecule has 0 saturated carbocycles. The van der Waals surface area contributed by atoms with Crippen molar-refractivity contribution in [3.63, 3.8) is 0 Å². The Balaban J connectivity index is 1.77. The smallest absolute Gasteiger partial charge is 0.380 e. The van der Waals surface area contributed by atoms with Crippen LogP contribution in [-0.2, 0) is 16.1 Å². The van der Waals surface area contributed by atoms with Gasteiger partial charge in [0.15, 0.2) is 0 Å². The molecular weight excluding hydrogens is 344 g/mol. The minimum absolute atomic E-state index is 0.00725. The van der Waals surface area contributed by atoms with Crippen LogP contribution in [0.2, 0.25) is 0 Å². The molecule has 0 radical (unpaired) electrons. The van der Waals surface area contributed by atoms with E-state index in [0.717, 1.165) is 11.3 Å². The molecule has 0 amide bonds. The Morgan fingerprint density at radius 2 is 1.78 bits per heavy atom. The molecule has 0 fully saturated rings. The lowest BCUT2D eigenvalue weighted by Gasteiger charge is -2.07. The first kappa shape index (κ1) is 18.4. The molecule has 3 aromatic rings. The number of hydrogen-bond donors (Lipinski definition) is 0. The van der Waals surface area contributed by atoms with Crippen molar-refractivity contribution < 1.29 is 19.1 Å². The highest BCUT2D eigenvalue weighted by molar-refractivity contribution is 6.41. The summed E-state index contributed by atoms with van der Waals surface area (Å²) >= 11 is 0. The maximum absolute atomic E-state index is 12.6. The van der Waals surface area contributed by atoms with Crippen molar-refractivity contribution in [3.8, 4) is 11.4 Å². The zero-order valence-corrected chi connectivity index (χ0v) is 15.4. The third-order valence-corrected chi connectivity index (χ3v) is 4.21. The van der Waals surface area contributed by atoms with Crippen molar-refractivity contribution in [2.45, 2.75) is 20.5 Å². The standard InChI is InChI=1S/C21H20N2O4/c1-14-19(15(2)23(22-14)17-9-5-4-6-10-17)20(24)21(25)27-13-16-8-7-11-18(12-16)26-3/h4-12H,13H2,1-3H3. The molecular formula is C21H20N2O4. The van der Waals surface area contributed by atoms with Crippen LogP contribution in [0.3, 0.4) is 0 Å². The van der Waals surface area contributed by atoms with Crippen LogP contribution < -0.4 is 4.74 Å². The Morgan fingerprint density at radius 1 is 1.04 bits per heavy atom. The van der Waals surface area contributed by atoms with Crippen LogP contribution in [0.5, 0.6) is 5.75 Å². The molecule has 0 aliphatic carbocycles. The van der Waals surface area contributed by atoms with Gasteiger partial charge < -0.3 is 9.47 Å². The predicted octanol–water partition coefficient (Wildman–Crippen LogP) is 3.42. The number of esters is 1. The number of methoxy groups -OCH3 is 1. The molecule has 27 heavy (non-hydrogen) atoms. The fourth-order valence-corrected chi connectivity index (χ4v) is 2.87. The van der Waals surface area contributed by atoms with Gasteiger partial charge in [0.05, 0.1) is 29.7 Å². The summed E-state index contributed by atoms with van der Waals surface area (Å²) in [4.78, 5) is 24.9. The van der Waals surface area contributed by atoms with Crippen molar-refractivity contribution in [2.24, 2.45) is 0 Å². The molecule has 0 atom stereocenters. The first-order valence-electron chi connectivity index (χ1n) is 8.47. The van der Waals surface area contributed by atoms with Gasteiger partial charge in [-0.15, -0.1) is 0 Å². The maximum atomic E-state index is 12.6. The Kier molecular flexibility index (Phi) is 5.35. The highest BCUT2D eigenvalue weighted by atomic mass is 16.5. The molecule has 2 aromatic carbocycles. The van der Waals surface area contributed by atoms with Crippen molar-refractivity contribution in [2.75, 3.05) is 7.11 Å². The molecule has 6 heteroatoms. The fourth-order valence-electron chi connectivity index (χ4n) is 2.87. The Bertz CT molecular complexity index is 977. The molecule has 6 nitrogen and oxygen atoms in total. The van der Waals surface area contributed by atoms with Crippen LogP contribution in [0.4, 0.5) is 0 Å². The molecule has 0 bridgehead atoms. The summed E-state index contributed by atoms with van der Waals surface area (Å²) in [5, 5.41) is 4.40. The molecule has 1 aromatic heterocycles. The van der Waals surface area contributed by atoms with E-state index in [2.05, 4.69) is 5.10 Å². The van der Waals surface area contributed by atoms with E-state index in [-0.39, 0.29) is 12.2 Å². The van der Waals surface area contributed by atoms with Crippen LogP contribution in [-0.4, -0.2) is 28.6 Å². The third kappa shape index (κ3) is 3.89. The van der Waals surface area contributed by atoms with Crippen LogP contribution in [0.1, 0.15) is 27.3 Å². The lowest BCUT2D eigenvalue weighted by atomic mass is 10.1. The van der Waals surface area contributed by atoms with Gasteiger partial charge >= 0.3 is 5.97 Å². The van der Waals surface area contributed by atoms with Gasteiger partial charge in [-0.05, 0) is 43.7 Å². The van der Waals surface area contributed by atoms with Crippen LogP contribution in [0.25, 0.3) is 5.69 Å². The fraction of sp³-hybridized carbons (Fsp3) is 0.190. The van der Waals surface area contributed by atoms with Crippen molar-refractivity contribution in [1.29, 1.82) is 0 Å². The largest absolute Gasteiger partial charge is 0.497 e. The number of para-hydroxylation sites is 1. The summed E-state index contributed by atoms with van der Waals surface area (Å²) < 4.78 is 12.0. The van der Waals surface area contributed by atoms with Gasteiger partial charge in [-0.25, -0.2) is 9.48 Å². The van der Waals surface area contributed by atoms with E-state index >= 15 is 0 Å². The molecule has 0 spiro atoms. The van der Waals surface area contributed by atoms with Crippen LogP contribution in [0, 0.1) is 13.8 Å². The molecule has 0 N–H and O–H groups in total. The minimum atomic E-state index is -0.906. The summed E-state index contributed by atoms with van der Waals surface area (Å²) in [6.45, 7) is 3.46. The van der Waals surface area contributed by atoms with Crippen LogP contribution >= 0.6 is 0 Å². The monoisotopic (exact) mass is 364 g/mol. The van der Waals surface area contributed by atoms with Gasteiger partial charge in [-0.2, -0.15) is 5.10 Å². The topological polar surface area (TPSA) is 70.4 Å². The average molecular weight is 364 g/mol. The summed E-state index contributed by atoms with van der Waals surface area (Å²) in [6, 6.07) is 16.6. The molecule has 0 unspecified atom stereocenters. The Hall–Kier alpha value is -3.41. The molecule has 0 aliphatic rings. The highest BCUT2D eigenvalue weighted by Gasteiger charge is 2.26. The molecule has 3 rings (SSSR count). The SMILES string of the molecule is COc1cccc(COC(=O)C(=O)c2c(C)nn(-c3ccccc3)c2C)c1. The zero-order chi connectivity index (χ0) is 19.4. The lowest BCUT2D eigenvalue weighted by molar-refractivity contribution is -0.139. The summed E-state index contributed by atoms with van der Waals surface area (Å²) in [6.07, 6.45) is 0. The number of ether oxygens (including phenoxy) is 2. The number of aryl methyl sites for hydroxylation is 1. The first-order valence-corrected chi connectivity index (χ1v) is 8.47. The highest BCUT2D eigenvalue weighted by Crippen LogP contribution is 2.19. The number of carbonyl (C=O) groups excluding carboxylic acids is 2. The number of Topliss-reactive ketones (excluding diaryl/α,β-unsaturated/α-hetero) is 1. The van der Waals surface area contributed by atoms with Crippen molar-refractivity contribution in [3.05, 3.63) is 77.1 Å². The first-order chi connectivity index (χ1) is 13.0. The number of hydrogen-bond acceptors (Lipinski definition) is 5. The summed E-state index contributed by atoms with van der Waals surface area (Å²) in [5.41, 5.74) is 2.92. The second kappa shape index (κ2) is 7.86. The van der Waals surface area contributed by atoms with Gasteiger partial charge in [-0.3, -0.25) is 4.79 Å². The minimum Gasteiger partial charge on any atom is -0.497 e. The van der Waals surface area contributed by atoms with E-state index in [9.17, 15) is 9.59 Å².